The molecule has 0 fully saturated rings. The van der Waals surface area contributed by atoms with Crippen molar-refractivity contribution in [1.29, 1.82) is 0 Å². The van der Waals surface area contributed by atoms with Crippen LogP contribution in [-0.4, -0.2) is 16.2 Å². The first-order chi connectivity index (χ1) is 8.97. The second-order valence-electron chi connectivity index (χ2n) is 4.19. The average Bonchev–Trinajstić information content (AvgIpc) is 2.88. The molecule has 100 valence electrons. The number of carboxylic acid groups (broad SMARTS) is 1. The van der Waals surface area contributed by atoms with Gasteiger partial charge in [0.05, 0.1) is 0 Å². The summed E-state index contributed by atoms with van der Waals surface area (Å²) in [4.78, 5) is 10.8. The lowest BCUT2D eigenvalue weighted by molar-refractivity contribution is 0.0472. The molecule has 5 heteroatoms. The van der Waals surface area contributed by atoms with Gasteiger partial charge in [0.1, 0.15) is 17.2 Å². The summed E-state index contributed by atoms with van der Waals surface area (Å²) in [6.45, 7) is 1.70. The minimum atomic E-state index is -1.55. The zero-order chi connectivity index (χ0) is 14.0. The van der Waals surface area contributed by atoms with Crippen LogP contribution in [0.15, 0.2) is 40.8 Å². The normalized spacial score (nSPS) is 14.1. The minimum Gasteiger partial charge on any atom is -0.475 e. The summed E-state index contributed by atoms with van der Waals surface area (Å²) in [5, 5.41) is 19.4. The molecule has 1 heterocycles. The maximum atomic E-state index is 13.2. The average molecular weight is 264 g/mol. The number of furan rings is 1. The maximum Gasteiger partial charge on any atom is 0.371 e. The number of hydrogen-bond donors (Lipinski definition) is 2. The fourth-order valence-electron chi connectivity index (χ4n) is 1.94. The van der Waals surface area contributed by atoms with Gasteiger partial charge < -0.3 is 14.6 Å². The lowest BCUT2D eigenvalue weighted by Crippen LogP contribution is -2.25. The van der Waals surface area contributed by atoms with Crippen LogP contribution in [0.4, 0.5) is 4.39 Å². The molecule has 1 atom stereocenters. The highest BCUT2D eigenvalue weighted by molar-refractivity contribution is 5.84. The van der Waals surface area contributed by atoms with Gasteiger partial charge in [-0.3, -0.25) is 0 Å². The third-order valence-electron chi connectivity index (χ3n) is 3.04. The van der Waals surface area contributed by atoms with Crippen molar-refractivity contribution < 1.29 is 23.8 Å². The molecular weight excluding hydrogens is 251 g/mol. The summed E-state index contributed by atoms with van der Waals surface area (Å²) in [5.41, 5.74) is -1.23. The standard InChI is InChI=1S/C14H13FO4/c1-2-14(18,9-4-3-5-10(15)8-9)12-7-6-11(19-12)13(16)17/h3-8,18H,2H2,1H3,(H,16,17). The summed E-state index contributed by atoms with van der Waals surface area (Å²) in [6, 6.07) is 8.16. The molecule has 2 aromatic rings. The molecule has 2 N–H and O–H groups in total. The van der Waals surface area contributed by atoms with Gasteiger partial charge in [-0.25, -0.2) is 9.18 Å². The van der Waals surface area contributed by atoms with E-state index in [1.165, 1.54) is 30.3 Å². The van der Waals surface area contributed by atoms with Crippen LogP contribution in [-0.2, 0) is 5.60 Å². The minimum absolute atomic E-state index is 0.0815. The van der Waals surface area contributed by atoms with Gasteiger partial charge in [0.25, 0.3) is 0 Å². The van der Waals surface area contributed by atoms with Crippen LogP contribution >= 0.6 is 0 Å². The molecule has 1 aromatic carbocycles. The maximum absolute atomic E-state index is 13.2. The van der Waals surface area contributed by atoms with E-state index in [9.17, 15) is 14.3 Å². The number of hydrogen-bond acceptors (Lipinski definition) is 3. The fraction of sp³-hybridized carbons (Fsp3) is 0.214. The highest BCUT2D eigenvalue weighted by Gasteiger charge is 2.34. The van der Waals surface area contributed by atoms with E-state index in [-0.39, 0.29) is 17.9 Å². The Morgan fingerprint density at radius 2 is 2.11 bits per heavy atom. The van der Waals surface area contributed by atoms with Crippen molar-refractivity contribution in [2.75, 3.05) is 0 Å². The summed E-state index contributed by atoms with van der Waals surface area (Å²) in [7, 11) is 0. The Morgan fingerprint density at radius 1 is 1.37 bits per heavy atom. The molecule has 1 aromatic heterocycles. The molecule has 2 rings (SSSR count). The first-order valence-corrected chi connectivity index (χ1v) is 5.79. The van der Waals surface area contributed by atoms with E-state index < -0.39 is 17.4 Å². The van der Waals surface area contributed by atoms with Crippen LogP contribution in [0.5, 0.6) is 0 Å². The van der Waals surface area contributed by atoms with Gasteiger partial charge in [-0.05, 0) is 36.2 Å². The number of aliphatic hydroxyl groups is 1. The Bertz CT molecular complexity index is 605. The van der Waals surface area contributed by atoms with Crippen molar-refractivity contribution in [2.45, 2.75) is 18.9 Å². The molecule has 0 aliphatic heterocycles. The Morgan fingerprint density at radius 3 is 2.63 bits per heavy atom. The highest BCUT2D eigenvalue weighted by Crippen LogP contribution is 2.34. The second kappa shape index (κ2) is 4.85. The van der Waals surface area contributed by atoms with E-state index in [2.05, 4.69) is 0 Å². The smallest absolute Gasteiger partial charge is 0.371 e. The van der Waals surface area contributed by atoms with Crippen molar-refractivity contribution in [1.82, 2.24) is 0 Å². The lowest BCUT2D eigenvalue weighted by Gasteiger charge is -2.25. The molecule has 0 amide bonds. The van der Waals surface area contributed by atoms with Crippen molar-refractivity contribution in [3.63, 3.8) is 0 Å². The monoisotopic (exact) mass is 264 g/mol. The predicted octanol–water partition coefficient (Wildman–Crippen LogP) is 2.76. The van der Waals surface area contributed by atoms with Crippen molar-refractivity contribution in [3.05, 3.63) is 59.3 Å². The second-order valence-corrected chi connectivity index (χ2v) is 4.19. The van der Waals surface area contributed by atoms with Crippen LogP contribution in [0.2, 0.25) is 0 Å². The summed E-state index contributed by atoms with van der Waals surface area (Å²) in [6.07, 6.45) is 0.225. The highest BCUT2D eigenvalue weighted by atomic mass is 19.1. The Labute approximate surface area is 109 Å². The van der Waals surface area contributed by atoms with E-state index in [0.29, 0.717) is 5.56 Å². The first-order valence-electron chi connectivity index (χ1n) is 5.79. The van der Waals surface area contributed by atoms with Crippen LogP contribution in [0, 0.1) is 5.82 Å². The van der Waals surface area contributed by atoms with Gasteiger partial charge in [-0.1, -0.05) is 19.1 Å². The quantitative estimate of drug-likeness (QED) is 0.890. The van der Waals surface area contributed by atoms with E-state index in [4.69, 9.17) is 9.52 Å². The van der Waals surface area contributed by atoms with E-state index >= 15 is 0 Å². The number of aromatic carboxylic acids is 1. The Kier molecular flexibility index (Phi) is 3.40. The lowest BCUT2D eigenvalue weighted by atomic mass is 9.89. The van der Waals surface area contributed by atoms with Crippen LogP contribution in [0.3, 0.4) is 0 Å². The third kappa shape index (κ3) is 2.37. The molecular formula is C14H13FO4. The summed E-state index contributed by atoms with van der Waals surface area (Å²) in [5.74, 6) is -1.88. The molecule has 4 nitrogen and oxygen atoms in total. The fourth-order valence-corrected chi connectivity index (χ4v) is 1.94. The van der Waals surface area contributed by atoms with Crippen LogP contribution in [0.1, 0.15) is 35.2 Å². The van der Waals surface area contributed by atoms with Gasteiger partial charge in [0.2, 0.25) is 5.76 Å². The molecule has 0 spiro atoms. The van der Waals surface area contributed by atoms with Crippen molar-refractivity contribution >= 4 is 5.97 Å². The zero-order valence-electron chi connectivity index (χ0n) is 10.3. The number of benzene rings is 1. The van der Waals surface area contributed by atoms with Gasteiger partial charge in [-0.2, -0.15) is 0 Å². The number of carboxylic acids is 1. The van der Waals surface area contributed by atoms with E-state index in [1.807, 2.05) is 0 Å². The Hall–Kier alpha value is -2.14. The van der Waals surface area contributed by atoms with Gasteiger partial charge >= 0.3 is 5.97 Å². The summed E-state index contributed by atoms with van der Waals surface area (Å²) >= 11 is 0. The summed E-state index contributed by atoms with van der Waals surface area (Å²) < 4.78 is 18.4. The number of carbonyl (C=O) groups is 1. The number of rotatable bonds is 4. The topological polar surface area (TPSA) is 70.7 Å². The predicted molar refractivity (Wildman–Crippen MR) is 65.4 cm³/mol. The molecule has 0 aliphatic rings. The largest absolute Gasteiger partial charge is 0.475 e. The molecule has 0 radical (unpaired) electrons. The molecule has 0 saturated heterocycles. The molecule has 1 unspecified atom stereocenters. The molecule has 0 saturated carbocycles. The van der Waals surface area contributed by atoms with Gasteiger partial charge in [0.15, 0.2) is 0 Å². The van der Waals surface area contributed by atoms with Gasteiger partial charge in [-0.15, -0.1) is 0 Å². The zero-order valence-corrected chi connectivity index (χ0v) is 10.3. The van der Waals surface area contributed by atoms with Crippen molar-refractivity contribution in [2.24, 2.45) is 0 Å². The number of halogens is 1. The SMILES string of the molecule is CCC(O)(c1cccc(F)c1)c1ccc(C(=O)O)o1. The van der Waals surface area contributed by atoms with Gasteiger partial charge in [0, 0.05) is 0 Å². The van der Waals surface area contributed by atoms with E-state index in [0.717, 1.165) is 0 Å². The Balaban J connectivity index is 2.49. The molecule has 0 bridgehead atoms. The molecule has 19 heavy (non-hydrogen) atoms. The van der Waals surface area contributed by atoms with E-state index in [1.54, 1.807) is 13.0 Å². The van der Waals surface area contributed by atoms with Crippen LogP contribution < -0.4 is 0 Å². The van der Waals surface area contributed by atoms with Crippen molar-refractivity contribution in [3.8, 4) is 0 Å². The first kappa shape index (κ1) is 13.3. The third-order valence-corrected chi connectivity index (χ3v) is 3.04. The molecule has 0 aliphatic carbocycles. The van der Waals surface area contributed by atoms with Crippen LogP contribution in [0.25, 0.3) is 0 Å².